The molecule has 0 radical (unpaired) electrons. The number of hydrogen-bond acceptors (Lipinski definition) is 4. The van der Waals surface area contributed by atoms with Crippen molar-refractivity contribution in [3.05, 3.63) is 29.8 Å². The first-order chi connectivity index (χ1) is 12.1. The Morgan fingerprint density at radius 3 is 2.41 bits per heavy atom. The first-order valence-electron chi connectivity index (χ1n) is 7.87. The lowest BCUT2D eigenvalue weighted by atomic mass is 9.97. The molecule has 27 heavy (non-hydrogen) atoms. The standard InChI is InChI=1S/C15H19F4N3O3S.ClH/c16-11-1-2-12(17)13(7-11)26(24,25)22-5-3-10(4-6-22)14(23)21-9-15(18,19)8-20;/h1-2,7,10H,3-6,8-9,20H2,(H,21,23);1H. The molecule has 1 aromatic carbocycles. The second-order valence-corrected chi connectivity index (χ2v) is 7.94. The summed E-state index contributed by atoms with van der Waals surface area (Å²) in [6, 6.07) is 2.13. The van der Waals surface area contributed by atoms with Crippen LogP contribution in [0.5, 0.6) is 0 Å². The molecule has 1 aromatic rings. The van der Waals surface area contributed by atoms with E-state index in [9.17, 15) is 30.8 Å². The third kappa shape index (κ3) is 5.77. The molecule has 1 aliphatic rings. The van der Waals surface area contributed by atoms with Gasteiger partial charge >= 0.3 is 0 Å². The van der Waals surface area contributed by atoms with Crippen molar-refractivity contribution >= 4 is 28.3 Å². The van der Waals surface area contributed by atoms with Gasteiger partial charge in [0.15, 0.2) is 0 Å². The Morgan fingerprint density at radius 1 is 1.26 bits per heavy atom. The first kappa shape index (κ1) is 23.6. The molecule has 0 aromatic heterocycles. The SMILES string of the molecule is Cl.NCC(F)(F)CNC(=O)C1CCN(S(=O)(=O)c2cc(F)ccc2F)CC1. The summed E-state index contributed by atoms with van der Waals surface area (Å²) in [5.74, 6) is -6.44. The van der Waals surface area contributed by atoms with Gasteiger partial charge in [-0.05, 0) is 31.0 Å². The summed E-state index contributed by atoms with van der Waals surface area (Å²) >= 11 is 0. The van der Waals surface area contributed by atoms with Crippen LogP contribution in [0.1, 0.15) is 12.8 Å². The molecular formula is C15H20ClF4N3O3S. The lowest BCUT2D eigenvalue weighted by Gasteiger charge is -2.30. The number of carbonyl (C=O) groups excluding carboxylic acids is 1. The van der Waals surface area contributed by atoms with Crippen LogP contribution >= 0.6 is 12.4 Å². The largest absolute Gasteiger partial charge is 0.350 e. The fraction of sp³-hybridized carbons (Fsp3) is 0.533. The highest BCUT2D eigenvalue weighted by Crippen LogP contribution is 2.26. The van der Waals surface area contributed by atoms with Crippen molar-refractivity contribution in [3.8, 4) is 0 Å². The van der Waals surface area contributed by atoms with E-state index in [-0.39, 0.29) is 38.3 Å². The molecule has 0 atom stereocenters. The monoisotopic (exact) mass is 433 g/mol. The van der Waals surface area contributed by atoms with Crippen LogP contribution in [0.15, 0.2) is 23.1 Å². The number of nitrogens with one attached hydrogen (secondary N) is 1. The normalized spacial score (nSPS) is 16.6. The van der Waals surface area contributed by atoms with Crippen molar-refractivity contribution in [2.45, 2.75) is 23.7 Å². The van der Waals surface area contributed by atoms with Gasteiger partial charge in [0.05, 0.1) is 13.1 Å². The highest BCUT2D eigenvalue weighted by atomic mass is 35.5. The van der Waals surface area contributed by atoms with Gasteiger partial charge in [-0.15, -0.1) is 12.4 Å². The van der Waals surface area contributed by atoms with Crippen molar-refractivity contribution in [1.29, 1.82) is 0 Å². The number of nitrogens with two attached hydrogens (primary N) is 1. The van der Waals surface area contributed by atoms with Crippen LogP contribution in [0, 0.1) is 17.6 Å². The second-order valence-electron chi connectivity index (χ2n) is 6.03. The van der Waals surface area contributed by atoms with Crippen molar-refractivity contribution in [3.63, 3.8) is 0 Å². The van der Waals surface area contributed by atoms with Crippen molar-refractivity contribution in [2.24, 2.45) is 11.7 Å². The zero-order valence-corrected chi connectivity index (χ0v) is 15.8. The van der Waals surface area contributed by atoms with Gasteiger partial charge in [0, 0.05) is 19.0 Å². The maximum absolute atomic E-state index is 13.8. The van der Waals surface area contributed by atoms with Crippen LogP contribution in [-0.4, -0.2) is 50.7 Å². The maximum Gasteiger partial charge on any atom is 0.277 e. The molecule has 154 valence electrons. The molecule has 1 heterocycles. The average Bonchev–Trinajstić information content (AvgIpc) is 2.61. The van der Waals surface area contributed by atoms with Gasteiger partial charge in [-0.2, -0.15) is 4.31 Å². The van der Waals surface area contributed by atoms with Crippen molar-refractivity contribution in [2.75, 3.05) is 26.2 Å². The molecule has 0 bridgehead atoms. The Kier molecular flexibility index (Phi) is 8.02. The molecule has 0 spiro atoms. The van der Waals surface area contributed by atoms with Crippen LogP contribution in [0.25, 0.3) is 0 Å². The van der Waals surface area contributed by atoms with Gasteiger partial charge < -0.3 is 11.1 Å². The van der Waals surface area contributed by atoms with Gasteiger partial charge in [0.2, 0.25) is 15.9 Å². The predicted octanol–water partition coefficient (Wildman–Crippen LogP) is 1.50. The number of halogens is 5. The Hall–Kier alpha value is -1.43. The van der Waals surface area contributed by atoms with E-state index < -0.39 is 57.4 Å². The van der Waals surface area contributed by atoms with Gasteiger partial charge in [-0.25, -0.2) is 26.0 Å². The number of amides is 1. The topological polar surface area (TPSA) is 92.5 Å². The van der Waals surface area contributed by atoms with Crippen LogP contribution < -0.4 is 11.1 Å². The third-order valence-corrected chi connectivity index (χ3v) is 6.07. The Morgan fingerprint density at radius 2 is 1.85 bits per heavy atom. The number of hydrogen-bond donors (Lipinski definition) is 2. The van der Waals surface area contributed by atoms with Crippen LogP contribution in [0.4, 0.5) is 17.6 Å². The Bertz CT molecular complexity index is 772. The molecule has 6 nitrogen and oxygen atoms in total. The third-order valence-electron chi connectivity index (χ3n) is 4.16. The number of benzene rings is 1. The van der Waals surface area contributed by atoms with Gasteiger partial charge in [-0.1, -0.05) is 0 Å². The molecule has 1 aliphatic heterocycles. The number of piperidine rings is 1. The number of rotatable bonds is 6. The minimum absolute atomic E-state index is 0. The second kappa shape index (κ2) is 9.18. The van der Waals surface area contributed by atoms with Gasteiger partial charge in [0.1, 0.15) is 16.5 Å². The summed E-state index contributed by atoms with van der Waals surface area (Å²) in [4.78, 5) is 11.1. The highest BCUT2D eigenvalue weighted by Gasteiger charge is 2.35. The minimum atomic E-state index is -4.25. The molecule has 1 saturated heterocycles. The molecule has 0 unspecified atom stereocenters. The number of carbonyl (C=O) groups is 1. The number of nitrogens with zero attached hydrogens (tertiary/aromatic N) is 1. The summed E-state index contributed by atoms with van der Waals surface area (Å²) in [6.07, 6.45) is 0.159. The molecule has 0 saturated carbocycles. The molecule has 12 heteroatoms. The van der Waals surface area contributed by atoms with E-state index in [1.54, 1.807) is 0 Å². The zero-order chi connectivity index (χ0) is 19.5. The van der Waals surface area contributed by atoms with E-state index in [0.717, 1.165) is 16.4 Å². The lowest BCUT2D eigenvalue weighted by Crippen LogP contribution is -2.46. The predicted molar refractivity (Wildman–Crippen MR) is 92.1 cm³/mol. The summed E-state index contributed by atoms with van der Waals surface area (Å²) in [7, 11) is -4.25. The number of alkyl halides is 2. The average molecular weight is 434 g/mol. The molecule has 3 N–H and O–H groups in total. The highest BCUT2D eigenvalue weighted by molar-refractivity contribution is 7.89. The van der Waals surface area contributed by atoms with Crippen LogP contribution in [0.3, 0.4) is 0 Å². The number of sulfonamides is 1. The summed E-state index contributed by atoms with van der Waals surface area (Å²) < 4.78 is 79.0. The maximum atomic E-state index is 13.8. The van der Waals surface area contributed by atoms with E-state index in [1.165, 1.54) is 0 Å². The smallest absolute Gasteiger partial charge is 0.277 e. The fourth-order valence-electron chi connectivity index (χ4n) is 2.61. The van der Waals surface area contributed by atoms with E-state index in [1.807, 2.05) is 0 Å². The summed E-state index contributed by atoms with van der Waals surface area (Å²) in [6.45, 7) is -2.01. The van der Waals surface area contributed by atoms with Crippen molar-refractivity contribution < 1.29 is 30.8 Å². The van der Waals surface area contributed by atoms with Crippen molar-refractivity contribution in [1.82, 2.24) is 9.62 Å². The molecular weight excluding hydrogens is 414 g/mol. The molecule has 1 amide bonds. The molecule has 2 rings (SSSR count). The van der Waals surface area contributed by atoms with Crippen LogP contribution in [-0.2, 0) is 14.8 Å². The van der Waals surface area contributed by atoms with Crippen LogP contribution in [0.2, 0.25) is 0 Å². The van der Waals surface area contributed by atoms with E-state index in [0.29, 0.717) is 6.07 Å². The van der Waals surface area contributed by atoms with E-state index in [4.69, 9.17) is 5.73 Å². The lowest BCUT2D eigenvalue weighted by molar-refractivity contribution is -0.127. The fourth-order valence-corrected chi connectivity index (χ4v) is 4.15. The summed E-state index contributed by atoms with van der Waals surface area (Å²) in [5.41, 5.74) is 4.88. The van der Waals surface area contributed by atoms with Gasteiger partial charge in [-0.3, -0.25) is 4.79 Å². The van der Waals surface area contributed by atoms with E-state index >= 15 is 0 Å². The minimum Gasteiger partial charge on any atom is -0.350 e. The molecule has 1 fully saturated rings. The summed E-state index contributed by atoms with van der Waals surface area (Å²) in [5, 5.41) is 2.10. The molecule has 0 aliphatic carbocycles. The first-order valence-corrected chi connectivity index (χ1v) is 9.31. The zero-order valence-electron chi connectivity index (χ0n) is 14.1. The van der Waals surface area contributed by atoms with E-state index in [2.05, 4.69) is 5.32 Å². The Balaban J connectivity index is 0.00000364. The quantitative estimate of drug-likeness (QED) is 0.665. The Labute approximate surface area is 160 Å². The van der Waals surface area contributed by atoms with Gasteiger partial charge in [0.25, 0.3) is 5.92 Å².